The first-order valence-electron chi connectivity index (χ1n) is 17.3. The van der Waals surface area contributed by atoms with Crippen LogP contribution in [0.4, 0.5) is 34.6 Å². The summed E-state index contributed by atoms with van der Waals surface area (Å²) in [5, 5.41) is 18.5. The van der Waals surface area contributed by atoms with E-state index in [2.05, 4.69) is 30.4 Å². The number of nitro groups is 1. The zero-order valence-corrected chi connectivity index (χ0v) is 26.0. The van der Waals surface area contributed by atoms with Gasteiger partial charge in [0.2, 0.25) is 11.6 Å². The number of nitrogens with zero attached hydrogens (tertiary/aromatic N) is 7. The zero-order valence-electron chi connectivity index (χ0n) is 26.0. The summed E-state index contributed by atoms with van der Waals surface area (Å²) in [6.07, 6.45) is 18.9. The van der Waals surface area contributed by atoms with E-state index in [4.69, 9.17) is 15.7 Å². The van der Waals surface area contributed by atoms with E-state index in [1.807, 2.05) is 0 Å². The summed E-state index contributed by atoms with van der Waals surface area (Å²) in [6, 6.07) is 0.916. The van der Waals surface area contributed by atoms with Gasteiger partial charge in [-0.3, -0.25) is 10.1 Å². The predicted molar refractivity (Wildman–Crippen MR) is 174 cm³/mol. The van der Waals surface area contributed by atoms with E-state index in [0.717, 1.165) is 93.7 Å². The highest BCUT2D eigenvalue weighted by Gasteiger charge is 2.36. The van der Waals surface area contributed by atoms with Gasteiger partial charge in [-0.05, 0) is 77.0 Å². The summed E-state index contributed by atoms with van der Waals surface area (Å²) < 4.78 is 0. The lowest BCUT2D eigenvalue weighted by molar-refractivity contribution is -0.383. The molecule has 4 N–H and O–H groups in total. The molecular formula is C32H48N10O2. The van der Waals surface area contributed by atoms with Crippen LogP contribution in [-0.4, -0.2) is 63.1 Å². The molecule has 4 heterocycles. The molecular weight excluding hydrogens is 556 g/mol. The lowest BCUT2D eigenvalue weighted by atomic mass is 10.2. The molecule has 2 aromatic heterocycles. The first-order valence-corrected chi connectivity index (χ1v) is 17.3. The average Bonchev–Trinajstić information content (AvgIpc) is 3.85. The van der Waals surface area contributed by atoms with Gasteiger partial charge in [-0.15, -0.1) is 0 Å². The number of nitrogens with two attached hydrogens (primary N) is 1. The maximum atomic E-state index is 11.7. The van der Waals surface area contributed by atoms with E-state index >= 15 is 0 Å². The van der Waals surface area contributed by atoms with Crippen molar-refractivity contribution in [2.24, 2.45) is 0 Å². The van der Waals surface area contributed by atoms with E-state index in [9.17, 15) is 10.1 Å². The third kappa shape index (κ3) is 7.26. The summed E-state index contributed by atoms with van der Waals surface area (Å²) in [5.74, 6) is 5.60. The summed E-state index contributed by atoms with van der Waals surface area (Å²) in [5.41, 5.74) is 7.23. The molecule has 6 fully saturated rings. The highest BCUT2D eigenvalue weighted by molar-refractivity contribution is 5.76. The number of hydrogen-bond acceptors (Lipinski definition) is 11. The second-order valence-corrected chi connectivity index (χ2v) is 13.7. The van der Waals surface area contributed by atoms with Crippen LogP contribution >= 0.6 is 0 Å². The summed E-state index contributed by atoms with van der Waals surface area (Å²) in [6.45, 7) is 3.86. The highest BCUT2D eigenvalue weighted by atomic mass is 16.6. The molecule has 0 atom stereocenters. The standard InChI is InChI=1S/C16H23N5O2.C16H25N5/c22-21(23)13-15(17-12-7-8-12)18-14(11-5-6-11)19-16(13)20-9-3-1-2-4-10-20;17-13-15(18-12-7-8-12)19-14(11-5-6-11)20-16(13)21-9-3-1-2-4-10-21/h11-12H,1-10H2,(H,17,18,19);11-12H,1-10,17H2,(H,18,19,20). The fourth-order valence-corrected chi connectivity index (χ4v) is 6.23. The molecule has 4 saturated carbocycles. The fourth-order valence-electron chi connectivity index (χ4n) is 6.23. The number of anilines is 5. The van der Waals surface area contributed by atoms with Gasteiger partial charge in [0.25, 0.3) is 0 Å². The SMILES string of the molecule is Nc1c(NC2CC2)nc(C2CC2)nc1N1CCCCCC1.O=[N+]([O-])c1c(NC2CC2)nc(C2CC2)nc1N1CCCCCC1. The van der Waals surface area contributed by atoms with Crippen LogP contribution in [0.15, 0.2) is 0 Å². The van der Waals surface area contributed by atoms with Crippen LogP contribution in [0.25, 0.3) is 0 Å². The molecule has 238 valence electrons. The molecule has 2 aromatic rings. The quantitative estimate of drug-likeness (QED) is 0.225. The van der Waals surface area contributed by atoms with Gasteiger partial charge in [0.1, 0.15) is 17.3 Å². The molecule has 44 heavy (non-hydrogen) atoms. The van der Waals surface area contributed by atoms with Crippen molar-refractivity contribution >= 4 is 34.6 Å². The molecule has 0 radical (unpaired) electrons. The van der Waals surface area contributed by atoms with Gasteiger partial charge < -0.3 is 26.2 Å². The van der Waals surface area contributed by atoms with Crippen molar-refractivity contribution in [1.82, 2.24) is 19.9 Å². The van der Waals surface area contributed by atoms with Crippen LogP contribution in [0.1, 0.15) is 126 Å². The Morgan fingerprint density at radius 2 is 1.05 bits per heavy atom. The van der Waals surface area contributed by atoms with Crippen molar-refractivity contribution in [2.45, 2.75) is 127 Å². The van der Waals surface area contributed by atoms with Crippen molar-refractivity contribution < 1.29 is 4.92 Å². The average molecular weight is 605 g/mol. The molecule has 8 rings (SSSR count). The van der Waals surface area contributed by atoms with Gasteiger partial charge in [0.15, 0.2) is 11.6 Å². The molecule has 2 aliphatic heterocycles. The Morgan fingerprint density at radius 1 is 0.614 bits per heavy atom. The molecule has 0 bridgehead atoms. The maximum Gasteiger partial charge on any atom is 0.353 e. The molecule has 0 aromatic carbocycles. The topological polar surface area (TPSA) is 151 Å². The molecule has 12 heteroatoms. The van der Waals surface area contributed by atoms with Gasteiger partial charge in [-0.1, -0.05) is 25.7 Å². The summed E-state index contributed by atoms with van der Waals surface area (Å²) >= 11 is 0. The Labute approximate surface area is 260 Å². The van der Waals surface area contributed by atoms with Crippen molar-refractivity contribution in [3.05, 3.63) is 21.8 Å². The Balaban J connectivity index is 0.000000143. The monoisotopic (exact) mass is 604 g/mol. The van der Waals surface area contributed by atoms with Gasteiger partial charge in [0.05, 0.1) is 4.92 Å². The van der Waals surface area contributed by atoms with Crippen LogP contribution in [0.2, 0.25) is 0 Å². The zero-order chi connectivity index (χ0) is 30.0. The van der Waals surface area contributed by atoms with E-state index < -0.39 is 0 Å². The number of nitrogen functional groups attached to an aromatic ring is 1. The molecule has 0 amide bonds. The normalized spacial score (nSPS) is 22.4. The van der Waals surface area contributed by atoms with Crippen LogP contribution in [0.3, 0.4) is 0 Å². The van der Waals surface area contributed by atoms with Crippen LogP contribution in [0.5, 0.6) is 0 Å². The van der Waals surface area contributed by atoms with E-state index in [0.29, 0.717) is 35.6 Å². The Kier molecular flexibility index (Phi) is 8.58. The lowest BCUT2D eigenvalue weighted by Gasteiger charge is -2.24. The number of aromatic nitrogens is 4. The van der Waals surface area contributed by atoms with Crippen molar-refractivity contribution in [2.75, 3.05) is 52.3 Å². The third-order valence-electron chi connectivity index (χ3n) is 9.54. The molecule has 6 aliphatic rings. The molecule has 12 nitrogen and oxygen atoms in total. The van der Waals surface area contributed by atoms with Crippen LogP contribution < -0.4 is 26.2 Å². The minimum absolute atomic E-state index is 0.0724. The molecule has 4 aliphatic carbocycles. The fraction of sp³-hybridized carbons (Fsp3) is 0.750. The van der Waals surface area contributed by atoms with Gasteiger partial charge in [-0.2, -0.15) is 0 Å². The van der Waals surface area contributed by atoms with Crippen LogP contribution in [0, 0.1) is 10.1 Å². The minimum Gasteiger partial charge on any atom is -0.393 e. The van der Waals surface area contributed by atoms with Crippen molar-refractivity contribution in [3.63, 3.8) is 0 Å². The second-order valence-electron chi connectivity index (χ2n) is 13.7. The van der Waals surface area contributed by atoms with Gasteiger partial charge >= 0.3 is 5.69 Å². The Hall–Kier alpha value is -3.44. The van der Waals surface area contributed by atoms with Gasteiger partial charge in [0, 0.05) is 50.1 Å². The van der Waals surface area contributed by atoms with E-state index in [-0.39, 0.29) is 10.6 Å². The molecule has 2 saturated heterocycles. The lowest BCUT2D eigenvalue weighted by Crippen LogP contribution is -2.27. The van der Waals surface area contributed by atoms with E-state index in [1.165, 1.54) is 64.2 Å². The number of rotatable bonds is 9. The third-order valence-corrected chi connectivity index (χ3v) is 9.54. The second kappa shape index (κ2) is 12.9. The molecule has 0 spiro atoms. The first-order chi connectivity index (χ1) is 21.5. The highest BCUT2D eigenvalue weighted by Crippen LogP contribution is 2.44. The Morgan fingerprint density at radius 3 is 1.50 bits per heavy atom. The van der Waals surface area contributed by atoms with Gasteiger partial charge in [-0.25, -0.2) is 19.9 Å². The number of nitrogens with one attached hydrogen (secondary N) is 2. The maximum absolute atomic E-state index is 11.7. The van der Waals surface area contributed by atoms with Crippen molar-refractivity contribution in [3.8, 4) is 0 Å². The van der Waals surface area contributed by atoms with Crippen LogP contribution in [-0.2, 0) is 0 Å². The van der Waals surface area contributed by atoms with Crippen molar-refractivity contribution in [1.29, 1.82) is 0 Å². The predicted octanol–water partition coefficient (Wildman–Crippen LogP) is 6.11. The largest absolute Gasteiger partial charge is 0.393 e. The number of hydrogen-bond donors (Lipinski definition) is 3. The summed E-state index contributed by atoms with van der Waals surface area (Å²) in [4.78, 5) is 34.6. The van der Waals surface area contributed by atoms with E-state index in [1.54, 1.807) is 0 Å². The minimum atomic E-state index is -0.304. The molecule has 0 unspecified atom stereocenters. The first kappa shape index (κ1) is 29.3. The Bertz CT molecular complexity index is 1320. The summed E-state index contributed by atoms with van der Waals surface area (Å²) in [7, 11) is 0. The smallest absolute Gasteiger partial charge is 0.353 e.